The number of anilines is 1. The second-order valence-corrected chi connectivity index (χ2v) is 5.89. The van der Waals surface area contributed by atoms with Crippen LogP contribution >= 0.6 is 11.6 Å². The number of amides is 1. The van der Waals surface area contributed by atoms with Crippen molar-refractivity contribution in [3.8, 4) is 5.75 Å². The van der Waals surface area contributed by atoms with E-state index in [4.69, 9.17) is 16.3 Å². The number of methoxy groups -OCH3 is 1. The van der Waals surface area contributed by atoms with Crippen molar-refractivity contribution in [1.82, 2.24) is 0 Å². The molecule has 0 unspecified atom stereocenters. The van der Waals surface area contributed by atoms with Crippen molar-refractivity contribution >= 4 is 23.2 Å². The molecule has 0 bridgehead atoms. The van der Waals surface area contributed by atoms with Gasteiger partial charge in [-0.2, -0.15) is 0 Å². The van der Waals surface area contributed by atoms with Gasteiger partial charge in [-0.3, -0.25) is 4.79 Å². The summed E-state index contributed by atoms with van der Waals surface area (Å²) < 4.78 is 5.25. The first-order valence-corrected chi connectivity index (χ1v) is 7.94. The van der Waals surface area contributed by atoms with Gasteiger partial charge >= 0.3 is 0 Å². The highest BCUT2D eigenvalue weighted by molar-refractivity contribution is 6.31. The molecule has 2 atom stereocenters. The zero-order valence-corrected chi connectivity index (χ0v) is 14.3. The molecule has 0 radical (unpaired) electrons. The van der Waals surface area contributed by atoms with E-state index < -0.39 is 0 Å². The molecule has 0 fully saturated rings. The van der Waals surface area contributed by atoms with Crippen molar-refractivity contribution in [3.63, 3.8) is 0 Å². The Morgan fingerprint density at radius 1 is 1.13 bits per heavy atom. The fourth-order valence-corrected chi connectivity index (χ4v) is 2.77. The number of hydrogen-bond acceptors (Lipinski definition) is 2. The van der Waals surface area contributed by atoms with E-state index in [0.717, 1.165) is 5.56 Å². The molecule has 0 aliphatic carbocycles. The van der Waals surface area contributed by atoms with Crippen LogP contribution in [0.2, 0.25) is 5.02 Å². The lowest BCUT2D eigenvalue weighted by molar-refractivity contribution is -0.709. The largest absolute Gasteiger partial charge is 0.495 e. The Balaban J connectivity index is 2.01. The fraction of sp³-hybridized carbons (Fsp3) is 0.278. The number of hydrogen-bond donors (Lipinski definition) is 2. The summed E-state index contributed by atoms with van der Waals surface area (Å²) in [5, 5.41) is 5.61. The van der Waals surface area contributed by atoms with Crippen LogP contribution < -0.4 is 15.4 Å². The van der Waals surface area contributed by atoms with Crippen molar-refractivity contribution in [1.29, 1.82) is 0 Å². The van der Waals surface area contributed by atoms with E-state index >= 15 is 0 Å². The molecular weight excluding hydrogens is 312 g/mol. The number of para-hydroxylation sites is 2. The third-order valence-electron chi connectivity index (χ3n) is 3.75. The van der Waals surface area contributed by atoms with Gasteiger partial charge in [0, 0.05) is 10.6 Å². The summed E-state index contributed by atoms with van der Waals surface area (Å²) in [5.41, 5.74) is 1.69. The van der Waals surface area contributed by atoms with Gasteiger partial charge in [0.1, 0.15) is 11.8 Å². The van der Waals surface area contributed by atoms with Gasteiger partial charge in [0.05, 0.1) is 12.8 Å². The van der Waals surface area contributed by atoms with E-state index in [0.29, 0.717) is 16.5 Å². The Kier molecular flexibility index (Phi) is 6.02. The number of carbonyl (C=O) groups excluding carboxylic acids is 1. The van der Waals surface area contributed by atoms with Gasteiger partial charge in [0.25, 0.3) is 5.91 Å². The summed E-state index contributed by atoms with van der Waals surface area (Å²) >= 11 is 6.21. The Hall–Kier alpha value is -2.04. The third kappa shape index (κ3) is 4.47. The molecule has 0 aliphatic heterocycles. The summed E-state index contributed by atoms with van der Waals surface area (Å²) in [4.78, 5) is 12.4. The zero-order valence-electron chi connectivity index (χ0n) is 13.5. The molecule has 122 valence electrons. The Morgan fingerprint density at radius 2 is 1.78 bits per heavy atom. The molecule has 0 aromatic heterocycles. The third-order valence-corrected chi connectivity index (χ3v) is 4.10. The monoisotopic (exact) mass is 333 g/mol. The summed E-state index contributed by atoms with van der Waals surface area (Å²) in [7, 11) is 1.58. The van der Waals surface area contributed by atoms with Crippen LogP contribution in [0.25, 0.3) is 0 Å². The lowest BCUT2D eigenvalue weighted by atomic mass is 10.1. The molecule has 4 nitrogen and oxygen atoms in total. The lowest BCUT2D eigenvalue weighted by Crippen LogP contribution is -2.91. The quantitative estimate of drug-likeness (QED) is 0.853. The number of nitrogens with two attached hydrogens (primary N) is 1. The van der Waals surface area contributed by atoms with E-state index in [9.17, 15) is 4.79 Å². The number of carbonyl (C=O) groups is 1. The highest BCUT2D eigenvalue weighted by atomic mass is 35.5. The molecule has 1 amide bonds. The van der Waals surface area contributed by atoms with Crippen molar-refractivity contribution in [3.05, 3.63) is 59.1 Å². The second kappa shape index (κ2) is 7.99. The lowest BCUT2D eigenvalue weighted by Gasteiger charge is -2.18. The highest BCUT2D eigenvalue weighted by Gasteiger charge is 2.22. The minimum atomic E-state index is -0.258. The van der Waals surface area contributed by atoms with Crippen LogP contribution in [0.3, 0.4) is 0 Å². The topological polar surface area (TPSA) is 54.9 Å². The molecule has 2 aromatic carbocycles. The first-order chi connectivity index (χ1) is 11.0. The molecule has 0 saturated carbocycles. The number of benzene rings is 2. The molecule has 0 heterocycles. The normalized spacial score (nSPS) is 13.2. The van der Waals surface area contributed by atoms with Crippen LogP contribution in [0, 0.1) is 0 Å². The summed E-state index contributed by atoms with van der Waals surface area (Å²) in [5.74, 6) is 0.570. The minimum Gasteiger partial charge on any atom is -0.495 e. The maximum Gasteiger partial charge on any atom is 0.282 e. The zero-order chi connectivity index (χ0) is 16.8. The summed E-state index contributed by atoms with van der Waals surface area (Å²) in [6.45, 7) is 3.91. The number of ether oxygens (including phenoxy) is 1. The molecule has 3 N–H and O–H groups in total. The Bertz CT molecular complexity index is 676. The fourth-order valence-electron chi connectivity index (χ4n) is 2.46. The SMILES string of the molecule is COc1ccccc1NC(=O)[C@H](C)[NH2+][C@H](C)c1ccccc1Cl. The van der Waals surface area contributed by atoms with Gasteiger partial charge in [-0.25, -0.2) is 0 Å². The standard InChI is InChI=1S/C18H21ClN2O2/c1-12(14-8-4-5-9-15(14)19)20-13(2)18(22)21-16-10-6-7-11-17(16)23-3/h4-13,20H,1-3H3,(H,21,22)/p+1/t12-,13+/m1/s1. The van der Waals surface area contributed by atoms with Crippen molar-refractivity contribution < 1.29 is 14.8 Å². The summed E-state index contributed by atoms with van der Waals surface area (Å²) in [6.07, 6.45) is 0. The minimum absolute atomic E-state index is 0.0756. The van der Waals surface area contributed by atoms with Gasteiger partial charge in [0.15, 0.2) is 6.04 Å². The van der Waals surface area contributed by atoms with E-state index in [-0.39, 0.29) is 18.0 Å². The van der Waals surface area contributed by atoms with Crippen molar-refractivity contribution in [2.24, 2.45) is 0 Å². The molecule has 5 heteroatoms. The predicted molar refractivity (Wildman–Crippen MR) is 92.9 cm³/mol. The molecular formula is C18H22ClN2O2+. The number of halogens is 1. The first kappa shape index (κ1) is 17.3. The van der Waals surface area contributed by atoms with Crippen LogP contribution in [-0.4, -0.2) is 19.1 Å². The van der Waals surface area contributed by atoms with E-state index in [1.165, 1.54) is 0 Å². The Morgan fingerprint density at radius 3 is 2.48 bits per heavy atom. The van der Waals surface area contributed by atoms with E-state index in [2.05, 4.69) is 5.32 Å². The van der Waals surface area contributed by atoms with Crippen LogP contribution in [0.1, 0.15) is 25.5 Å². The molecule has 0 aliphatic rings. The first-order valence-electron chi connectivity index (χ1n) is 7.56. The van der Waals surface area contributed by atoms with Gasteiger partial charge in [-0.1, -0.05) is 41.9 Å². The van der Waals surface area contributed by atoms with Crippen LogP contribution in [-0.2, 0) is 4.79 Å². The average Bonchev–Trinajstić information content (AvgIpc) is 2.55. The molecule has 2 rings (SSSR count). The second-order valence-electron chi connectivity index (χ2n) is 5.48. The van der Waals surface area contributed by atoms with E-state index in [1.807, 2.05) is 67.7 Å². The molecule has 23 heavy (non-hydrogen) atoms. The molecule has 2 aromatic rings. The van der Waals surface area contributed by atoms with Gasteiger partial charge in [-0.05, 0) is 32.0 Å². The molecule has 0 saturated heterocycles. The van der Waals surface area contributed by atoms with Gasteiger partial charge in [0.2, 0.25) is 0 Å². The maximum atomic E-state index is 12.4. The Labute approximate surface area is 141 Å². The van der Waals surface area contributed by atoms with Crippen molar-refractivity contribution in [2.75, 3.05) is 12.4 Å². The van der Waals surface area contributed by atoms with Crippen molar-refractivity contribution in [2.45, 2.75) is 25.9 Å². The van der Waals surface area contributed by atoms with Gasteiger partial charge in [-0.15, -0.1) is 0 Å². The van der Waals surface area contributed by atoms with Crippen LogP contribution in [0.4, 0.5) is 5.69 Å². The predicted octanol–water partition coefficient (Wildman–Crippen LogP) is 3.00. The summed E-state index contributed by atoms with van der Waals surface area (Å²) in [6, 6.07) is 14.9. The number of quaternary nitrogens is 1. The van der Waals surface area contributed by atoms with Crippen LogP contribution in [0.5, 0.6) is 5.75 Å². The number of rotatable bonds is 6. The maximum absolute atomic E-state index is 12.4. The number of nitrogens with one attached hydrogen (secondary N) is 1. The molecule has 0 spiro atoms. The van der Waals surface area contributed by atoms with E-state index in [1.54, 1.807) is 7.11 Å². The van der Waals surface area contributed by atoms with Crippen LogP contribution in [0.15, 0.2) is 48.5 Å². The average molecular weight is 334 g/mol. The van der Waals surface area contributed by atoms with Gasteiger partial charge < -0.3 is 15.4 Å². The highest BCUT2D eigenvalue weighted by Crippen LogP contribution is 2.23. The smallest absolute Gasteiger partial charge is 0.282 e.